The van der Waals surface area contributed by atoms with Gasteiger partial charge in [-0.15, -0.1) is 0 Å². The summed E-state index contributed by atoms with van der Waals surface area (Å²) >= 11 is 0. The van der Waals surface area contributed by atoms with Crippen molar-refractivity contribution in [1.82, 2.24) is 19.8 Å². The first-order valence-corrected chi connectivity index (χ1v) is 10.2. The zero-order chi connectivity index (χ0) is 19.7. The van der Waals surface area contributed by atoms with Gasteiger partial charge in [-0.05, 0) is 31.4 Å². The number of hydrogen-bond donors (Lipinski definition) is 2. The second-order valence-corrected chi connectivity index (χ2v) is 7.91. The largest absolute Gasteiger partial charge is 0.392 e. The number of carbonyl (C=O) groups is 2. The van der Waals surface area contributed by atoms with Crippen LogP contribution in [0, 0.1) is 5.41 Å². The molecule has 4 rings (SSSR count). The molecule has 0 aliphatic carbocycles. The summed E-state index contributed by atoms with van der Waals surface area (Å²) in [5.74, 6) is 0.897. The molecular weight excluding hydrogens is 356 g/mol. The number of para-hydroxylation sites is 2. The number of aromatic nitrogens is 2. The van der Waals surface area contributed by atoms with Gasteiger partial charge in [0.1, 0.15) is 5.82 Å². The molecule has 2 amide bonds. The molecule has 2 aliphatic heterocycles. The lowest BCUT2D eigenvalue weighted by Crippen LogP contribution is -2.62. The molecule has 7 nitrogen and oxygen atoms in total. The molecule has 2 saturated heterocycles. The van der Waals surface area contributed by atoms with E-state index in [9.17, 15) is 14.7 Å². The van der Waals surface area contributed by atoms with Crippen LogP contribution in [-0.4, -0.2) is 57.1 Å². The standard InChI is InChI=1S/C21H28N4O3/c1-2-18-23-15-6-3-4-7-16(15)25(18)13-9-19(27)24-12-8-17(26)21(14-24)10-5-11-22-20(21)28/h3-4,6-7,17,26H,2,5,8-14H2,1H3,(H,22,28)/t17-,21+/m0/s1. The Morgan fingerprint density at radius 3 is 3.00 bits per heavy atom. The van der Waals surface area contributed by atoms with Gasteiger partial charge in [0.2, 0.25) is 11.8 Å². The number of aliphatic hydroxyl groups excluding tert-OH is 1. The number of nitrogens with one attached hydrogen (secondary N) is 1. The fourth-order valence-corrected chi connectivity index (χ4v) is 4.67. The van der Waals surface area contributed by atoms with E-state index in [2.05, 4.69) is 21.8 Å². The molecular formula is C21H28N4O3. The number of amides is 2. The van der Waals surface area contributed by atoms with Crippen molar-refractivity contribution >= 4 is 22.8 Å². The van der Waals surface area contributed by atoms with Crippen LogP contribution in [0.1, 0.15) is 38.4 Å². The van der Waals surface area contributed by atoms with Crippen LogP contribution >= 0.6 is 0 Å². The van der Waals surface area contributed by atoms with Crippen LogP contribution in [0.4, 0.5) is 0 Å². The molecule has 3 heterocycles. The molecule has 28 heavy (non-hydrogen) atoms. The molecule has 1 spiro atoms. The van der Waals surface area contributed by atoms with Gasteiger partial charge >= 0.3 is 0 Å². The highest BCUT2D eigenvalue weighted by atomic mass is 16.3. The maximum absolute atomic E-state index is 12.9. The fraction of sp³-hybridized carbons (Fsp3) is 0.571. The Labute approximate surface area is 164 Å². The Bertz CT molecular complexity index is 893. The van der Waals surface area contributed by atoms with Crippen molar-refractivity contribution in [1.29, 1.82) is 0 Å². The molecule has 1 aromatic heterocycles. The molecule has 2 aromatic rings. The van der Waals surface area contributed by atoms with E-state index < -0.39 is 11.5 Å². The van der Waals surface area contributed by atoms with E-state index in [1.807, 2.05) is 24.3 Å². The Hall–Kier alpha value is -2.41. The number of piperidine rings is 2. The molecule has 150 valence electrons. The second kappa shape index (κ2) is 7.54. The Kier molecular flexibility index (Phi) is 5.10. The normalized spacial score (nSPS) is 25.3. The zero-order valence-corrected chi connectivity index (χ0v) is 16.4. The third-order valence-electron chi connectivity index (χ3n) is 6.27. The van der Waals surface area contributed by atoms with Crippen LogP contribution in [0.5, 0.6) is 0 Å². The average molecular weight is 384 g/mol. The van der Waals surface area contributed by atoms with Gasteiger partial charge in [-0.25, -0.2) is 4.98 Å². The number of imidazole rings is 1. The number of aliphatic hydroxyl groups is 1. The van der Waals surface area contributed by atoms with E-state index in [4.69, 9.17) is 0 Å². The summed E-state index contributed by atoms with van der Waals surface area (Å²) in [6.45, 7) is 4.09. The molecule has 2 N–H and O–H groups in total. The van der Waals surface area contributed by atoms with Gasteiger partial charge in [-0.1, -0.05) is 19.1 Å². The molecule has 0 bridgehead atoms. The van der Waals surface area contributed by atoms with Crippen molar-refractivity contribution < 1.29 is 14.7 Å². The van der Waals surface area contributed by atoms with Gasteiger partial charge in [0, 0.05) is 39.0 Å². The molecule has 0 saturated carbocycles. The summed E-state index contributed by atoms with van der Waals surface area (Å²) in [7, 11) is 0. The third kappa shape index (κ3) is 3.17. The van der Waals surface area contributed by atoms with Crippen molar-refractivity contribution in [3.8, 4) is 0 Å². The minimum atomic E-state index is -0.845. The minimum absolute atomic E-state index is 0.0319. The number of benzene rings is 1. The topological polar surface area (TPSA) is 87.5 Å². The van der Waals surface area contributed by atoms with Crippen LogP contribution in [0.3, 0.4) is 0 Å². The van der Waals surface area contributed by atoms with E-state index in [0.717, 1.165) is 29.7 Å². The second-order valence-electron chi connectivity index (χ2n) is 7.91. The van der Waals surface area contributed by atoms with E-state index in [-0.39, 0.29) is 11.8 Å². The lowest BCUT2D eigenvalue weighted by atomic mass is 9.71. The van der Waals surface area contributed by atoms with Crippen LogP contribution in [0.2, 0.25) is 0 Å². The number of fused-ring (bicyclic) bond motifs is 1. The number of likely N-dealkylation sites (tertiary alicyclic amines) is 1. The molecule has 7 heteroatoms. The first-order valence-electron chi connectivity index (χ1n) is 10.2. The summed E-state index contributed by atoms with van der Waals surface area (Å²) in [5, 5.41) is 13.4. The SMILES string of the molecule is CCc1nc2ccccc2n1CCC(=O)N1CC[C@H](O)[C@@]2(CCCNC2=O)C1. The smallest absolute Gasteiger partial charge is 0.230 e. The van der Waals surface area contributed by atoms with Crippen LogP contribution in [-0.2, 0) is 22.6 Å². The number of hydrogen-bond acceptors (Lipinski definition) is 4. The summed E-state index contributed by atoms with van der Waals surface area (Å²) < 4.78 is 2.12. The lowest BCUT2D eigenvalue weighted by molar-refractivity contribution is -0.154. The lowest BCUT2D eigenvalue weighted by Gasteiger charge is -2.46. The number of rotatable bonds is 4. The van der Waals surface area contributed by atoms with Crippen molar-refractivity contribution in [3.63, 3.8) is 0 Å². The van der Waals surface area contributed by atoms with Crippen molar-refractivity contribution in [2.75, 3.05) is 19.6 Å². The highest BCUT2D eigenvalue weighted by Crippen LogP contribution is 2.37. The van der Waals surface area contributed by atoms with E-state index in [1.165, 1.54) is 0 Å². The van der Waals surface area contributed by atoms with Crippen LogP contribution < -0.4 is 5.32 Å². The molecule has 1 aromatic carbocycles. The van der Waals surface area contributed by atoms with Gasteiger partial charge in [0.05, 0.1) is 22.6 Å². The summed E-state index contributed by atoms with van der Waals surface area (Å²) in [4.78, 5) is 31.9. The molecule has 0 unspecified atom stereocenters. The van der Waals surface area contributed by atoms with E-state index in [0.29, 0.717) is 45.4 Å². The third-order valence-corrected chi connectivity index (χ3v) is 6.27. The van der Waals surface area contributed by atoms with Gasteiger partial charge in [0.15, 0.2) is 0 Å². The van der Waals surface area contributed by atoms with Crippen LogP contribution in [0.15, 0.2) is 24.3 Å². The number of carbonyl (C=O) groups excluding carboxylic acids is 2. The molecule has 2 fully saturated rings. The Morgan fingerprint density at radius 1 is 1.39 bits per heavy atom. The van der Waals surface area contributed by atoms with Crippen molar-refractivity contribution in [2.45, 2.75) is 51.7 Å². The number of aryl methyl sites for hydroxylation is 2. The highest BCUT2D eigenvalue weighted by Gasteiger charge is 2.50. The summed E-state index contributed by atoms with van der Waals surface area (Å²) in [6, 6.07) is 7.98. The minimum Gasteiger partial charge on any atom is -0.392 e. The Morgan fingerprint density at radius 2 is 2.21 bits per heavy atom. The van der Waals surface area contributed by atoms with E-state index >= 15 is 0 Å². The predicted molar refractivity (Wildman–Crippen MR) is 106 cm³/mol. The first kappa shape index (κ1) is 18.9. The highest BCUT2D eigenvalue weighted by molar-refractivity contribution is 5.86. The molecule has 2 atom stereocenters. The van der Waals surface area contributed by atoms with Gasteiger partial charge in [-0.3, -0.25) is 9.59 Å². The van der Waals surface area contributed by atoms with E-state index in [1.54, 1.807) is 4.90 Å². The molecule has 0 radical (unpaired) electrons. The van der Waals surface area contributed by atoms with Gasteiger partial charge < -0.3 is 19.9 Å². The number of nitrogens with zero attached hydrogens (tertiary/aromatic N) is 3. The maximum Gasteiger partial charge on any atom is 0.230 e. The summed E-state index contributed by atoms with van der Waals surface area (Å²) in [5.41, 5.74) is 1.15. The first-order chi connectivity index (χ1) is 13.5. The van der Waals surface area contributed by atoms with Crippen molar-refractivity contribution in [3.05, 3.63) is 30.1 Å². The van der Waals surface area contributed by atoms with Crippen molar-refractivity contribution in [2.24, 2.45) is 5.41 Å². The molecule has 2 aliphatic rings. The monoisotopic (exact) mass is 384 g/mol. The Balaban J connectivity index is 1.48. The average Bonchev–Trinajstić information content (AvgIpc) is 3.08. The fourth-order valence-electron chi connectivity index (χ4n) is 4.67. The quantitative estimate of drug-likeness (QED) is 0.836. The van der Waals surface area contributed by atoms with Crippen LogP contribution in [0.25, 0.3) is 11.0 Å². The van der Waals surface area contributed by atoms with Gasteiger partial charge in [0.25, 0.3) is 0 Å². The van der Waals surface area contributed by atoms with Gasteiger partial charge in [-0.2, -0.15) is 0 Å². The predicted octanol–water partition coefficient (Wildman–Crippen LogP) is 1.48. The zero-order valence-electron chi connectivity index (χ0n) is 16.4. The summed E-state index contributed by atoms with van der Waals surface area (Å²) in [6.07, 6.45) is 2.42. The maximum atomic E-state index is 12.9.